The van der Waals surface area contributed by atoms with Crippen LogP contribution in [0.3, 0.4) is 0 Å². The number of nitrogens with one attached hydrogen (secondary N) is 2. The number of nitrogen functional groups attached to an aromatic ring is 1. The molecule has 9 heteroatoms. The Morgan fingerprint density at radius 1 is 1.15 bits per heavy atom. The van der Waals surface area contributed by atoms with Crippen molar-refractivity contribution in [2.24, 2.45) is 0 Å². The van der Waals surface area contributed by atoms with Gasteiger partial charge in [0.25, 0.3) is 0 Å². The average Bonchev–Trinajstić information content (AvgIpc) is 2.59. The number of hydrogen-bond acceptors (Lipinski definition) is 8. The Balaban J connectivity index is 1.77. The number of rotatable bonds is 6. The molecule has 26 heavy (non-hydrogen) atoms. The third-order valence-electron chi connectivity index (χ3n) is 3.45. The highest BCUT2D eigenvalue weighted by Gasteiger charge is 2.06. The number of phenolic OH excluding ortho intramolecular Hbond substituents is 1. The Hall–Kier alpha value is -3.17. The van der Waals surface area contributed by atoms with E-state index in [1.165, 1.54) is 0 Å². The molecule has 0 saturated heterocycles. The molecule has 0 spiro atoms. The van der Waals surface area contributed by atoms with Gasteiger partial charge in [-0.3, -0.25) is 4.21 Å². The van der Waals surface area contributed by atoms with Crippen molar-refractivity contribution in [1.29, 1.82) is 0 Å². The summed E-state index contributed by atoms with van der Waals surface area (Å²) in [6, 6.07) is 13.6. The number of para-hydroxylation sites is 1. The van der Waals surface area contributed by atoms with E-state index < -0.39 is 11.1 Å². The largest absolute Gasteiger partial charge is 0.772 e. The number of anilines is 5. The van der Waals surface area contributed by atoms with Crippen molar-refractivity contribution >= 4 is 39.9 Å². The average molecular weight is 370 g/mol. The molecular formula is C17H16N5O3S-. The van der Waals surface area contributed by atoms with Crippen molar-refractivity contribution in [1.82, 2.24) is 9.97 Å². The lowest BCUT2D eigenvalue weighted by Crippen LogP contribution is -2.01. The fraction of sp³-hybridized carbons (Fsp3) is 0.0588. The lowest BCUT2D eigenvalue weighted by atomic mass is 10.2. The maximum Gasteiger partial charge on any atom is 0.229 e. The van der Waals surface area contributed by atoms with Crippen LogP contribution in [0, 0.1) is 0 Å². The van der Waals surface area contributed by atoms with Gasteiger partial charge < -0.3 is 26.0 Å². The molecular weight excluding hydrogens is 354 g/mol. The number of nitrogens with two attached hydrogens (primary N) is 1. The number of aromatic nitrogens is 2. The molecule has 1 atom stereocenters. The topological polar surface area (TPSA) is 136 Å². The molecule has 0 radical (unpaired) electrons. The van der Waals surface area contributed by atoms with E-state index in [1.807, 2.05) is 0 Å². The van der Waals surface area contributed by atoms with Gasteiger partial charge in [0, 0.05) is 17.6 Å². The van der Waals surface area contributed by atoms with Crippen LogP contribution in [0.15, 0.2) is 54.7 Å². The Morgan fingerprint density at radius 2 is 1.96 bits per heavy atom. The van der Waals surface area contributed by atoms with Crippen molar-refractivity contribution in [2.45, 2.75) is 5.75 Å². The van der Waals surface area contributed by atoms with Crippen molar-refractivity contribution in [3.05, 3.63) is 60.3 Å². The molecule has 0 aliphatic carbocycles. The summed E-state index contributed by atoms with van der Waals surface area (Å²) in [7, 11) is 0. The highest BCUT2D eigenvalue weighted by molar-refractivity contribution is 7.78. The Labute approximate surface area is 152 Å². The normalized spacial score (nSPS) is 11.7. The summed E-state index contributed by atoms with van der Waals surface area (Å²) in [6.07, 6.45) is 1.55. The van der Waals surface area contributed by atoms with Crippen LogP contribution in [-0.2, 0) is 16.8 Å². The van der Waals surface area contributed by atoms with Gasteiger partial charge in [-0.1, -0.05) is 29.3 Å². The number of hydrogen-bond donors (Lipinski definition) is 4. The summed E-state index contributed by atoms with van der Waals surface area (Å²) in [5.74, 6) is 0.657. The zero-order valence-corrected chi connectivity index (χ0v) is 14.4. The van der Waals surface area contributed by atoms with Crippen LogP contribution in [-0.4, -0.2) is 23.8 Å². The van der Waals surface area contributed by atoms with E-state index >= 15 is 0 Å². The molecule has 1 unspecified atom stereocenters. The first-order valence-corrected chi connectivity index (χ1v) is 8.85. The van der Waals surface area contributed by atoms with Crippen LogP contribution < -0.4 is 16.4 Å². The van der Waals surface area contributed by atoms with Gasteiger partial charge in [-0.25, -0.2) is 4.98 Å². The predicted molar refractivity (Wildman–Crippen MR) is 100 cm³/mol. The minimum atomic E-state index is -2.15. The molecule has 0 aliphatic rings. The van der Waals surface area contributed by atoms with Crippen molar-refractivity contribution in [2.75, 3.05) is 16.4 Å². The van der Waals surface area contributed by atoms with Gasteiger partial charge in [0.2, 0.25) is 5.95 Å². The standard InChI is InChI=1S/C17H17N5O3S/c18-13-5-2-6-14(16(13)23)21-15-7-8-19-17(22-15)20-12-4-1-3-11(9-12)10-26(24)25/h1-9,23H,10,18H2,(H,24,25)(H2,19,20,21,22)/p-1. The molecule has 8 nitrogen and oxygen atoms in total. The fourth-order valence-electron chi connectivity index (χ4n) is 2.29. The maximum atomic E-state index is 10.8. The Morgan fingerprint density at radius 3 is 2.77 bits per heavy atom. The molecule has 5 N–H and O–H groups in total. The second-order valence-electron chi connectivity index (χ2n) is 5.41. The van der Waals surface area contributed by atoms with Gasteiger partial charge >= 0.3 is 0 Å². The first kappa shape index (κ1) is 17.6. The molecule has 0 amide bonds. The van der Waals surface area contributed by atoms with Crippen LogP contribution in [0.4, 0.5) is 28.8 Å². The molecule has 134 valence electrons. The van der Waals surface area contributed by atoms with Gasteiger partial charge in [0.15, 0.2) is 5.75 Å². The number of nitrogens with zero attached hydrogens (tertiary/aromatic N) is 2. The molecule has 0 aliphatic heterocycles. The summed E-state index contributed by atoms with van der Waals surface area (Å²) in [6.45, 7) is 0. The quantitative estimate of drug-likeness (QED) is 0.295. The minimum absolute atomic E-state index is 0.0565. The second-order valence-corrected chi connectivity index (χ2v) is 6.30. The zero-order chi connectivity index (χ0) is 18.5. The van der Waals surface area contributed by atoms with E-state index in [2.05, 4.69) is 20.6 Å². The Kier molecular flexibility index (Phi) is 5.30. The van der Waals surface area contributed by atoms with Crippen LogP contribution in [0.1, 0.15) is 5.56 Å². The fourth-order valence-corrected chi connectivity index (χ4v) is 2.74. The third-order valence-corrected chi connectivity index (χ3v) is 4.02. The highest BCUT2D eigenvalue weighted by atomic mass is 32.2. The Bertz CT molecular complexity index is 951. The highest BCUT2D eigenvalue weighted by Crippen LogP contribution is 2.31. The lowest BCUT2D eigenvalue weighted by molar-refractivity contribution is 0.480. The van der Waals surface area contributed by atoms with Crippen LogP contribution in [0.2, 0.25) is 0 Å². The molecule has 3 aromatic rings. The summed E-state index contributed by atoms with van der Waals surface area (Å²) in [5, 5.41) is 16.0. The minimum Gasteiger partial charge on any atom is -0.772 e. The number of phenols is 1. The summed E-state index contributed by atoms with van der Waals surface area (Å²) >= 11 is -2.15. The third kappa shape index (κ3) is 4.47. The summed E-state index contributed by atoms with van der Waals surface area (Å²) in [4.78, 5) is 8.45. The zero-order valence-electron chi connectivity index (χ0n) is 13.5. The van der Waals surface area contributed by atoms with E-state index in [0.717, 1.165) is 0 Å². The van der Waals surface area contributed by atoms with E-state index in [1.54, 1.807) is 54.7 Å². The molecule has 2 aromatic carbocycles. The smallest absolute Gasteiger partial charge is 0.229 e. The molecule has 0 saturated carbocycles. The van der Waals surface area contributed by atoms with E-state index in [0.29, 0.717) is 28.7 Å². The van der Waals surface area contributed by atoms with E-state index in [-0.39, 0.29) is 17.2 Å². The molecule has 3 rings (SSSR count). The number of benzene rings is 2. The molecule has 1 heterocycles. The van der Waals surface area contributed by atoms with Crippen molar-refractivity contribution < 1.29 is 13.9 Å². The van der Waals surface area contributed by atoms with Gasteiger partial charge in [-0.2, -0.15) is 4.98 Å². The lowest BCUT2D eigenvalue weighted by Gasteiger charge is -2.11. The second kappa shape index (κ2) is 7.81. The summed E-state index contributed by atoms with van der Waals surface area (Å²) in [5.41, 5.74) is 7.68. The molecule has 0 bridgehead atoms. The predicted octanol–water partition coefficient (Wildman–Crippen LogP) is 2.63. The van der Waals surface area contributed by atoms with Crippen LogP contribution >= 0.6 is 0 Å². The van der Waals surface area contributed by atoms with Crippen LogP contribution in [0.5, 0.6) is 5.75 Å². The van der Waals surface area contributed by atoms with Crippen LogP contribution in [0.25, 0.3) is 0 Å². The van der Waals surface area contributed by atoms with Gasteiger partial charge in [0.1, 0.15) is 5.82 Å². The first-order valence-electron chi connectivity index (χ1n) is 7.60. The van der Waals surface area contributed by atoms with E-state index in [9.17, 15) is 13.9 Å². The van der Waals surface area contributed by atoms with Gasteiger partial charge in [0.05, 0.1) is 11.4 Å². The molecule has 1 aromatic heterocycles. The maximum absolute atomic E-state index is 10.8. The SMILES string of the molecule is Nc1cccc(Nc2ccnc(Nc3cccc(CS(=O)[O-])c3)n2)c1O. The summed E-state index contributed by atoms with van der Waals surface area (Å²) < 4.78 is 21.7. The molecule has 0 fully saturated rings. The van der Waals surface area contributed by atoms with E-state index in [4.69, 9.17) is 5.73 Å². The number of aromatic hydroxyl groups is 1. The first-order chi connectivity index (χ1) is 12.5. The van der Waals surface area contributed by atoms with Crippen molar-refractivity contribution in [3.8, 4) is 5.75 Å². The van der Waals surface area contributed by atoms with Gasteiger partial charge in [-0.05, 0) is 35.9 Å². The van der Waals surface area contributed by atoms with Gasteiger partial charge in [-0.15, -0.1) is 0 Å². The van der Waals surface area contributed by atoms with Crippen molar-refractivity contribution in [3.63, 3.8) is 0 Å². The monoisotopic (exact) mass is 370 g/mol.